The van der Waals surface area contributed by atoms with Crippen LogP contribution in [0.25, 0.3) is 0 Å². The van der Waals surface area contributed by atoms with E-state index in [4.69, 9.17) is 5.73 Å². The Labute approximate surface area is 36.4 Å². The van der Waals surface area contributed by atoms with Crippen molar-refractivity contribution in [1.29, 1.82) is 0 Å². The largest absolute Gasteiger partial charge is 0.636 e. The summed E-state index contributed by atoms with van der Waals surface area (Å²) in [6, 6.07) is 0. The van der Waals surface area contributed by atoms with Crippen molar-refractivity contribution in [3.05, 3.63) is 17.5 Å². The van der Waals surface area contributed by atoms with Crippen molar-refractivity contribution in [2.24, 2.45) is 5.73 Å². The highest BCUT2D eigenvalue weighted by molar-refractivity contribution is 4.72. The lowest BCUT2D eigenvalue weighted by molar-refractivity contribution is -0.578. The van der Waals surface area contributed by atoms with Crippen LogP contribution >= 0.6 is 0 Å². The Morgan fingerprint density at radius 2 is 2.50 bits per heavy atom. The second-order valence-corrected chi connectivity index (χ2v) is 0.831. The second-order valence-electron chi connectivity index (χ2n) is 0.831. The van der Waals surface area contributed by atoms with E-state index in [2.05, 4.69) is 0 Å². The van der Waals surface area contributed by atoms with E-state index in [0.29, 0.717) is 6.54 Å². The summed E-state index contributed by atoms with van der Waals surface area (Å²) < 4.78 is 0. The molecule has 0 fully saturated rings. The molecular weight excluding hydrogens is 80.0 g/mol. The van der Waals surface area contributed by atoms with Crippen LogP contribution in [0, 0.1) is 5.21 Å². The SMILES string of the molecule is NC=CC[NH2+][O-]. The summed E-state index contributed by atoms with van der Waals surface area (Å²) in [5, 5.41) is 9.46. The zero-order valence-electron chi connectivity index (χ0n) is 3.42. The van der Waals surface area contributed by atoms with Gasteiger partial charge in [0.25, 0.3) is 0 Å². The van der Waals surface area contributed by atoms with E-state index >= 15 is 0 Å². The zero-order valence-corrected chi connectivity index (χ0v) is 3.42. The Kier molecular flexibility index (Phi) is 4.06. The maximum absolute atomic E-state index is 9.46. The molecular formula is C3H8N2O. The molecule has 0 aromatic heterocycles. The molecule has 0 bridgehead atoms. The van der Waals surface area contributed by atoms with Crippen LogP contribution in [0.1, 0.15) is 0 Å². The van der Waals surface area contributed by atoms with E-state index in [1.54, 1.807) is 6.08 Å². The normalized spacial score (nSPS) is 10.2. The Bertz CT molecular complexity index is 44.1. The first-order valence-corrected chi connectivity index (χ1v) is 1.72. The van der Waals surface area contributed by atoms with Gasteiger partial charge in [-0.3, -0.25) is 0 Å². The van der Waals surface area contributed by atoms with Crippen LogP contribution < -0.4 is 11.2 Å². The molecule has 0 amide bonds. The zero-order chi connectivity index (χ0) is 4.83. The van der Waals surface area contributed by atoms with Gasteiger partial charge in [0.1, 0.15) is 0 Å². The fraction of sp³-hybridized carbons (Fsp3) is 0.333. The van der Waals surface area contributed by atoms with Gasteiger partial charge in [-0.25, -0.2) is 0 Å². The fourth-order valence-corrected chi connectivity index (χ4v) is 0.134. The molecule has 0 aliphatic heterocycles. The van der Waals surface area contributed by atoms with Crippen molar-refractivity contribution in [2.45, 2.75) is 0 Å². The van der Waals surface area contributed by atoms with Gasteiger partial charge in [0.05, 0.1) is 6.54 Å². The quantitative estimate of drug-likeness (QED) is 0.404. The Hall–Kier alpha value is -0.540. The lowest BCUT2D eigenvalue weighted by Gasteiger charge is -1.91. The molecule has 3 nitrogen and oxygen atoms in total. The van der Waals surface area contributed by atoms with Crippen molar-refractivity contribution in [1.82, 2.24) is 0 Å². The van der Waals surface area contributed by atoms with Crippen LogP contribution in [0.3, 0.4) is 0 Å². The average molecular weight is 88.1 g/mol. The number of rotatable bonds is 2. The van der Waals surface area contributed by atoms with E-state index in [9.17, 15) is 5.21 Å². The van der Waals surface area contributed by atoms with Crippen LogP contribution in [0.2, 0.25) is 0 Å². The van der Waals surface area contributed by atoms with Crippen LogP contribution in [0.5, 0.6) is 0 Å². The van der Waals surface area contributed by atoms with Crippen molar-refractivity contribution >= 4 is 0 Å². The number of nitrogens with two attached hydrogens (primary N) is 2. The summed E-state index contributed by atoms with van der Waals surface area (Å²) in [5.74, 6) is 0. The summed E-state index contributed by atoms with van der Waals surface area (Å²) in [4.78, 5) is 0. The van der Waals surface area contributed by atoms with Gasteiger partial charge in [0, 0.05) is 0 Å². The Balaban J connectivity index is 2.66. The highest BCUT2D eigenvalue weighted by Crippen LogP contribution is 1.47. The van der Waals surface area contributed by atoms with Crippen LogP contribution in [0.15, 0.2) is 12.3 Å². The van der Waals surface area contributed by atoms with Gasteiger partial charge in [0.2, 0.25) is 0 Å². The van der Waals surface area contributed by atoms with E-state index in [1.807, 2.05) is 0 Å². The topological polar surface area (TPSA) is 65.7 Å². The van der Waals surface area contributed by atoms with Gasteiger partial charge < -0.3 is 16.4 Å². The molecule has 0 saturated heterocycles. The summed E-state index contributed by atoms with van der Waals surface area (Å²) in [6.45, 7) is 0.427. The molecule has 0 saturated carbocycles. The smallest absolute Gasteiger partial charge is 0.0956 e. The third-order valence-electron chi connectivity index (χ3n) is 0.368. The monoisotopic (exact) mass is 88.1 g/mol. The van der Waals surface area contributed by atoms with Gasteiger partial charge in [0.15, 0.2) is 0 Å². The molecule has 0 heterocycles. The highest BCUT2D eigenvalue weighted by atomic mass is 16.5. The molecule has 0 rings (SSSR count). The molecule has 0 atom stereocenters. The first kappa shape index (κ1) is 5.46. The summed E-state index contributed by atoms with van der Waals surface area (Å²) >= 11 is 0. The van der Waals surface area contributed by atoms with Crippen molar-refractivity contribution < 1.29 is 5.48 Å². The van der Waals surface area contributed by atoms with Gasteiger partial charge >= 0.3 is 0 Å². The molecule has 0 unspecified atom stereocenters. The van der Waals surface area contributed by atoms with Crippen molar-refractivity contribution in [3.63, 3.8) is 0 Å². The Morgan fingerprint density at radius 3 is 2.67 bits per heavy atom. The van der Waals surface area contributed by atoms with E-state index < -0.39 is 0 Å². The van der Waals surface area contributed by atoms with Gasteiger partial charge in [-0.1, -0.05) is 0 Å². The Morgan fingerprint density at radius 1 is 1.83 bits per heavy atom. The number of hydrogen-bond acceptors (Lipinski definition) is 2. The van der Waals surface area contributed by atoms with Gasteiger partial charge in [-0.2, -0.15) is 0 Å². The molecule has 3 heteroatoms. The number of quaternary nitrogens is 1. The first-order valence-electron chi connectivity index (χ1n) is 1.72. The molecule has 0 spiro atoms. The predicted octanol–water partition coefficient (Wildman–Crippen LogP) is -1.48. The minimum atomic E-state index is 0.427. The maximum atomic E-state index is 9.46. The molecule has 0 aromatic rings. The molecule has 0 aliphatic rings. The summed E-state index contributed by atoms with van der Waals surface area (Å²) in [6.07, 6.45) is 2.95. The van der Waals surface area contributed by atoms with Crippen molar-refractivity contribution in [3.8, 4) is 0 Å². The maximum Gasteiger partial charge on any atom is 0.0956 e. The van der Waals surface area contributed by atoms with E-state index in [0.717, 1.165) is 5.48 Å². The second kappa shape index (κ2) is 4.46. The standard InChI is InChI=1S/C3H8N2O/c4-2-1-3-5-6/h1-2H,3-5H2. The van der Waals surface area contributed by atoms with E-state index in [-0.39, 0.29) is 0 Å². The molecule has 0 radical (unpaired) electrons. The first-order chi connectivity index (χ1) is 2.91. The molecule has 4 N–H and O–H groups in total. The fourth-order valence-electron chi connectivity index (χ4n) is 0.134. The third-order valence-corrected chi connectivity index (χ3v) is 0.368. The minimum absolute atomic E-state index is 0.427. The lowest BCUT2D eigenvalue weighted by Crippen LogP contribution is -2.76. The number of hydroxylamine groups is 1. The van der Waals surface area contributed by atoms with E-state index in [1.165, 1.54) is 6.20 Å². The van der Waals surface area contributed by atoms with Crippen LogP contribution in [-0.4, -0.2) is 6.54 Å². The van der Waals surface area contributed by atoms with Crippen molar-refractivity contribution in [2.75, 3.05) is 6.54 Å². The van der Waals surface area contributed by atoms with Gasteiger partial charge in [-0.15, -0.1) is 0 Å². The molecule has 6 heavy (non-hydrogen) atoms. The highest BCUT2D eigenvalue weighted by Gasteiger charge is 1.61. The molecule has 0 aliphatic carbocycles. The predicted molar refractivity (Wildman–Crippen MR) is 23.5 cm³/mol. The molecule has 36 valence electrons. The average Bonchev–Trinajstić information content (AvgIpc) is 1.61. The minimum Gasteiger partial charge on any atom is -0.636 e. The summed E-state index contributed by atoms with van der Waals surface area (Å²) in [5.41, 5.74) is 5.67. The van der Waals surface area contributed by atoms with Crippen LogP contribution in [-0.2, 0) is 0 Å². The lowest BCUT2D eigenvalue weighted by atomic mass is 10.6. The third kappa shape index (κ3) is 3.46. The van der Waals surface area contributed by atoms with Crippen LogP contribution in [0.4, 0.5) is 0 Å². The summed E-state index contributed by atoms with van der Waals surface area (Å²) in [7, 11) is 0. The molecule has 0 aromatic carbocycles. The number of hydrogen-bond donors (Lipinski definition) is 2. The van der Waals surface area contributed by atoms with Gasteiger partial charge in [-0.05, 0) is 12.3 Å².